The largest absolute Gasteiger partial charge is 0.497 e. The molecule has 0 spiro atoms. The lowest BCUT2D eigenvalue weighted by molar-refractivity contribution is -0.165. The number of benzene rings is 2. The van der Waals surface area contributed by atoms with E-state index >= 15 is 0 Å². The molecule has 2 aromatic carbocycles. The van der Waals surface area contributed by atoms with Crippen molar-refractivity contribution in [3.63, 3.8) is 0 Å². The van der Waals surface area contributed by atoms with Crippen LogP contribution in [-0.4, -0.2) is 47.6 Å². The van der Waals surface area contributed by atoms with E-state index in [0.29, 0.717) is 17.2 Å². The maximum absolute atomic E-state index is 13.1. The number of ether oxygens (including phenoxy) is 2. The number of rotatable bonds is 6. The molecule has 31 heavy (non-hydrogen) atoms. The molecule has 5 rings (SSSR count). The number of aromatic nitrogens is 1. The summed E-state index contributed by atoms with van der Waals surface area (Å²) in [6, 6.07) is 14.5. The zero-order valence-corrected chi connectivity index (χ0v) is 17.1. The van der Waals surface area contributed by atoms with Crippen LogP contribution < -0.4 is 10.1 Å². The summed E-state index contributed by atoms with van der Waals surface area (Å²) >= 11 is 0. The Balaban J connectivity index is 1.37. The van der Waals surface area contributed by atoms with E-state index in [1.54, 1.807) is 7.11 Å². The number of nitrogens with zero attached hydrogens (tertiary/aromatic N) is 2. The molecular weight excluding hydrogens is 398 g/mol. The second kappa shape index (κ2) is 8.03. The van der Waals surface area contributed by atoms with Crippen LogP contribution in [0, 0.1) is 0 Å². The molecule has 2 aliphatic rings. The number of carbonyl (C=O) groups excluding carboxylic acids is 2. The minimum atomic E-state index is -0.823. The van der Waals surface area contributed by atoms with E-state index in [4.69, 9.17) is 13.9 Å². The molecule has 2 heterocycles. The molecule has 1 saturated carbocycles. The van der Waals surface area contributed by atoms with Gasteiger partial charge in [0, 0.05) is 6.04 Å². The highest BCUT2D eigenvalue weighted by Crippen LogP contribution is 2.40. The van der Waals surface area contributed by atoms with E-state index < -0.39 is 12.1 Å². The minimum absolute atomic E-state index is 0.0914. The van der Waals surface area contributed by atoms with Crippen molar-refractivity contribution < 1.29 is 23.5 Å². The van der Waals surface area contributed by atoms with Crippen molar-refractivity contribution in [2.24, 2.45) is 0 Å². The zero-order valence-electron chi connectivity index (χ0n) is 17.1. The van der Waals surface area contributed by atoms with Gasteiger partial charge in [0.1, 0.15) is 17.9 Å². The molecule has 2 fully saturated rings. The van der Waals surface area contributed by atoms with Crippen LogP contribution in [0.25, 0.3) is 11.1 Å². The summed E-state index contributed by atoms with van der Waals surface area (Å²) in [7, 11) is 1.60. The summed E-state index contributed by atoms with van der Waals surface area (Å²) in [5, 5.41) is 2.86. The van der Waals surface area contributed by atoms with Crippen molar-refractivity contribution in [1.82, 2.24) is 15.2 Å². The number of methoxy groups -OCH3 is 1. The predicted molar refractivity (Wildman–Crippen MR) is 111 cm³/mol. The summed E-state index contributed by atoms with van der Waals surface area (Å²) in [5.41, 5.74) is 2.24. The Morgan fingerprint density at radius 2 is 1.97 bits per heavy atom. The van der Waals surface area contributed by atoms with E-state index in [-0.39, 0.29) is 31.0 Å². The average Bonchev–Trinajstić information content (AvgIpc) is 3.55. The third kappa shape index (κ3) is 3.86. The quantitative estimate of drug-likeness (QED) is 0.658. The molecule has 8 heteroatoms. The lowest BCUT2D eigenvalue weighted by Crippen LogP contribution is -2.55. The van der Waals surface area contributed by atoms with Gasteiger partial charge in [0.05, 0.1) is 19.7 Å². The highest BCUT2D eigenvalue weighted by molar-refractivity contribution is 5.86. The third-order valence-electron chi connectivity index (χ3n) is 5.67. The first kappa shape index (κ1) is 19.6. The second-order valence-corrected chi connectivity index (χ2v) is 7.77. The van der Waals surface area contributed by atoms with E-state index in [2.05, 4.69) is 10.3 Å². The Kier molecular flexibility index (Phi) is 5.07. The average molecular weight is 421 g/mol. The highest BCUT2D eigenvalue weighted by Gasteiger charge is 2.47. The van der Waals surface area contributed by atoms with Crippen LogP contribution in [0.5, 0.6) is 5.75 Å². The van der Waals surface area contributed by atoms with Gasteiger partial charge in [0.15, 0.2) is 11.7 Å². The van der Waals surface area contributed by atoms with E-state index in [1.165, 1.54) is 0 Å². The van der Waals surface area contributed by atoms with Crippen molar-refractivity contribution in [3.8, 4) is 5.75 Å². The van der Waals surface area contributed by atoms with E-state index in [1.807, 2.05) is 53.4 Å². The number of hydrogen-bond donors (Lipinski definition) is 1. The van der Waals surface area contributed by atoms with Crippen LogP contribution in [0.2, 0.25) is 0 Å². The fourth-order valence-electron chi connectivity index (χ4n) is 4.03. The van der Waals surface area contributed by atoms with Gasteiger partial charge < -0.3 is 24.1 Å². The van der Waals surface area contributed by atoms with Gasteiger partial charge in [-0.1, -0.05) is 24.3 Å². The Hall–Kier alpha value is -3.39. The fraction of sp³-hybridized carbons (Fsp3) is 0.348. The number of oxazole rings is 1. The number of morpholine rings is 1. The monoisotopic (exact) mass is 421 g/mol. The zero-order chi connectivity index (χ0) is 21.4. The SMILES string of the molecule is COc1ccc([C@@H]2[C@@H](C(=O)NCc3nc4ccccc4o3)OCC(=O)N2C2CC2)cc1. The van der Waals surface area contributed by atoms with Gasteiger partial charge in [0.2, 0.25) is 11.8 Å². The first-order valence-electron chi connectivity index (χ1n) is 10.3. The van der Waals surface area contributed by atoms with Gasteiger partial charge in [-0.2, -0.15) is 0 Å². The number of fused-ring (bicyclic) bond motifs is 1. The minimum Gasteiger partial charge on any atom is -0.497 e. The van der Waals surface area contributed by atoms with Crippen molar-refractivity contribution in [3.05, 3.63) is 60.0 Å². The van der Waals surface area contributed by atoms with Gasteiger partial charge in [-0.05, 0) is 42.7 Å². The topological polar surface area (TPSA) is 93.9 Å². The van der Waals surface area contributed by atoms with Crippen LogP contribution in [0.1, 0.15) is 30.3 Å². The van der Waals surface area contributed by atoms with Crippen LogP contribution in [0.3, 0.4) is 0 Å². The van der Waals surface area contributed by atoms with E-state index in [0.717, 1.165) is 23.9 Å². The Labute approximate surface area is 179 Å². The molecule has 1 aromatic heterocycles. The Morgan fingerprint density at radius 3 is 2.68 bits per heavy atom. The molecule has 8 nitrogen and oxygen atoms in total. The first-order chi connectivity index (χ1) is 15.1. The maximum atomic E-state index is 13.1. The number of nitrogens with one attached hydrogen (secondary N) is 1. The Bertz CT molecular complexity index is 1070. The van der Waals surface area contributed by atoms with Crippen molar-refractivity contribution in [1.29, 1.82) is 0 Å². The molecule has 0 radical (unpaired) electrons. The highest BCUT2D eigenvalue weighted by atomic mass is 16.5. The van der Waals surface area contributed by atoms with Gasteiger partial charge in [-0.25, -0.2) is 4.98 Å². The molecule has 0 bridgehead atoms. The van der Waals surface area contributed by atoms with Crippen molar-refractivity contribution in [2.75, 3.05) is 13.7 Å². The fourth-order valence-corrected chi connectivity index (χ4v) is 4.03. The molecule has 1 saturated heterocycles. The summed E-state index contributed by atoms with van der Waals surface area (Å²) in [5.74, 6) is 0.732. The number of amides is 2. The van der Waals surface area contributed by atoms with Crippen LogP contribution in [-0.2, 0) is 20.9 Å². The molecule has 2 amide bonds. The summed E-state index contributed by atoms with van der Waals surface area (Å²) in [6.07, 6.45) is 1.06. The predicted octanol–water partition coefficient (Wildman–Crippen LogP) is 2.58. The van der Waals surface area contributed by atoms with Gasteiger partial charge >= 0.3 is 0 Å². The van der Waals surface area contributed by atoms with Crippen LogP contribution in [0.4, 0.5) is 0 Å². The number of hydrogen-bond acceptors (Lipinski definition) is 6. The maximum Gasteiger partial charge on any atom is 0.252 e. The Morgan fingerprint density at radius 1 is 1.19 bits per heavy atom. The number of para-hydroxylation sites is 2. The first-order valence-corrected chi connectivity index (χ1v) is 10.3. The lowest BCUT2D eigenvalue weighted by Gasteiger charge is -2.40. The van der Waals surface area contributed by atoms with E-state index in [9.17, 15) is 9.59 Å². The van der Waals surface area contributed by atoms with Crippen LogP contribution in [0.15, 0.2) is 52.9 Å². The molecular formula is C23H23N3O5. The standard InChI is InChI=1S/C23H23N3O5/c1-29-16-10-6-14(7-11-16)21-22(30-13-20(27)26(21)15-8-9-15)23(28)24-12-19-25-17-4-2-3-5-18(17)31-19/h2-7,10-11,15,21-22H,8-9,12-13H2,1H3,(H,24,28)/t21-,22+/m1/s1. The third-order valence-corrected chi connectivity index (χ3v) is 5.67. The van der Waals surface area contributed by atoms with Gasteiger partial charge in [0.25, 0.3) is 5.91 Å². The van der Waals surface area contributed by atoms with Gasteiger partial charge in [-0.15, -0.1) is 0 Å². The molecule has 1 aliphatic carbocycles. The normalized spacial score (nSPS) is 21.3. The summed E-state index contributed by atoms with van der Waals surface area (Å²) in [6.45, 7) is 0.0320. The summed E-state index contributed by atoms with van der Waals surface area (Å²) < 4.78 is 16.7. The molecule has 2 atom stereocenters. The molecule has 0 unspecified atom stereocenters. The molecule has 1 N–H and O–H groups in total. The van der Waals surface area contributed by atoms with Crippen molar-refractivity contribution >= 4 is 22.9 Å². The van der Waals surface area contributed by atoms with Crippen LogP contribution >= 0.6 is 0 Å². The molecule has 1 aliphatic heterocycles. The number of carbonyl (C=O) groups is 2. The molecule has 3 aromatic rings. The second-order valence-electron chi connectivity index (χ2n) is 7.77. The summed E-state index contributed by atoms with van der Waals surface area (Å²) in [4.78, 5) is 32.0. The smallest absolute Gasteiger partial charge is 0.252 e. The van der Waals surface area contributed by atoms with Crippen molar-refractivity contribution in [2.45, 2.75) is 37.6 Å². The lowest BCUT2D eigenvalue weighted by atomic mass is 9.96. The molecule has 160 valence electrons. The van der Waals surface area contributed by atoms with Gasteiger partial charge in [-0.3, -0.25) is 9.59 Å².